The first-order chi connectivity index (χ1) is 11.6. The van der Waals surface area contributed by atoms with Crippen LogP contribution in [0.1, 0.15) is 20.8 Å². The van der Waals surface area contributed by atoms with E-state index in [1.807, 2.05) is 55.5 Å². The molecule has 0 aliphatic rings. The predicted octanol–water partition coefficient (Wildman–Crippen LogP) is 4.97. The van der Waals surface area contributed by atoms with Crippen molar-refractivity contribution in [3.63, 3.8) is 0 Å². The number of halogens is 1. The Balaban J connectivity index is 1.64. The summed E-state index contributed by atoms with van der Waals surface area (Å²) in [5, 5.41) is 6.21. The van der Waals surface area contributed by atoms with E-state index in [1.54, 1.807) is 6.20 Å². The molecule has 122 valence electrons. The molecule has 6 heteroatoms. The van der Waals surface area contributed by atoms with E-state index in [4.69, 9.17) is 11.6 Å². The van der Waals surface area contributed by atoms with Gasteiger partial charge < -0.3 is 10.6 Å². The van der Waals surface area contributed by atoms with Gasteiger partial charge in [-0.05, 0) is 37.3 Å². The van der Waals surface area contributed by atoms with Crippen LogP contribution in [-0.2, 0) is 6.54 Å². The van der Waals surface area contributed by atoms with E-state index in [0.717, 1.165) is 21.8 Å². The van der Waals surface area contributed by atoms with Crippen molar-refractivity contribution in [1.82, 2.24) is 4.98 Å². The molecule has 0 unspecified atom stereocenters. The van der Waals surface area contributed by atoms with Crippen LogP contribution in [0.5, 0.6) is 0 Å². The van der Waals surface area contributed by atoms with Crippen molar-refractivity contribution < 1.29 is 4.79 Å². The van der Waals surface area contributed by atoms with Gasteiger partial charge in [-0.2, -0.15) is 0 Å². The number of nitrogens with zero attached hydrogens (tertiary/aromatic N) is 1. The van der Waals surface area contributed by atoms with Crippen LogP contribution in [0.2, 0.25) is 4.47 Å². The molecule has 2 N–H and O–H groups in total. The van der Waals surface area contributed by atoms with E-state index < -0.39 is 0 Å². The third kappa shape index (κ3) is 4.34. The van der Waals surface area contributed by atoms with Crippen LogP contribution >= 0.6 is 22.9 Å². The standard InChI is InChI=1S/C18H16ClN3OS/c1-12-5-7-13(8-6-12)17(23)22-15-4-2-3-14(9-15)20-10-16-11-21-18(19)24-16/h2-9,11,20H,10H2,1H3,(H,22,23). The molecule has 0 radical (unpaired) electrons. The molecule has 4 nitrogen and oxygen atoms in total. The minimum atomic E-state index is -0.124. The molecule has 1 heterocycles. The van der Waals surface area contributed by atoms with Crippen molar-refractivity contribution in [1.29, 1.82) is 0 Å². The fraction of sp³-hybridized carbons (Fsp3) is 0.111. The summed E-state index contributed by atoms with van der Waals surface area (Å²) in [5.74, 6) is -0.124. The van der Waals surface area contributed by atoms with Crippen molar-refractivity contribution in [2.24, 2.45) is 0 Å². The van der Waals surface area contributed by atoms with Crippen LogP contribution in [-0.4, -0.2) is 10.9 Å². The van der Waals surface area contributed by atoms with Gasteiger partial charge in [0.25, 0.3) is 5.91 Å². The van der Waals surface area contributed by atoms with Crippen LogP contribution in [0.15, 0.2) is 54.7 Å². The van der Waals surface area contributed by atoms with Crippen molar-refractivity contribution in [3.8, 4) is 0 Å². The highest BCUT2D eigenvalue weighted by atomic mass is 35.5. The average Bonchev–Trinajstić information content (AvgIpc) is 2.99. The minimum Gasteiger partial charge on any atom is -0.380 e. The van der Waals surface area contributed by atoms with Gasteiger partial charge in [-0.15, -0.1) is 11.3 Å². The Morgan fingerprint density at radius 2 is 1.92 bits per heavy atom. The second-order valence-electron chi connectivity index (χ2n) is 5.33. The second kappa shape index (κ2) is 7.47. The Kier molecular flexibility index (Phi) is 5.13. The molecule has 1 amide bonds. The number of hydrogen-bond donors (Lipinski definition) is 2. The summed E-state index contributed by atoms with van der Waals surface area (Å²) < 4.78 is 0.533. The summed E-state index contributed by atoms with van der Waals surface area (Å²) in [6.07, 6.45) is 1.75. The zero-order chi connectivity index (χ0) is 16.9. The number of anilines is 2. The highest BCUT2D eigenvalue weighted by Crippen LogP contribution is 2.21. The zero-order valence-corrected chi connectivity index (χ0v) is 14.6. The lowest BCUT2D eigenvalue weighted by Crippen LogP contribution is -2.12. The molecule has 0 atom stereocenters. The number of carbonyl (C=O) groups excluding carboxylic acids is 1. The van der Waals surface area contributed by atoms with Crippen LogP contribution < -0.4 is 10.6 Å². The summed E-state index contributed by atoms with van der Waals surface area (Å²) in [5.41, 5.74) is 3.42. The van der Waals surface area contributed by atoms with E-state index >= 15 is 0 Å². The van der Waals surface area contributed by atoms with Gasteiger partial charge in [0.2, 0.25) is 0 Å². The summed E-state index contributed by atoms with van der Waals surface area (Å²) in [6.45, 7) is 2.63. The van der Waals surface area contributed by atoms with Gasteiger partial charge in [-0.1, -0.05) is 35.4 Å². The van der Waals surface area contributed by atoms with Crippen LogP contribution in [0.25, 0.3) is 0 Å². The van der Waals surface area contributed by atoms with Crippen molar-refractivity contribution in [3.05, 3.63) is 75.2 Å². The third-order valence-corrected chi connectivity index (χ3v) is 4.54. The monoisotopic (exact) mass is 357 g/mol. The Labute approximate surface area is 149 Å². The smallest absolute Gasteiger partial charge is 0.255 e. The molecule has 24 heavy (non-hydrogen) atoms. The number of thiazole rings is 1. The van der Waals surface area contributed by atoms with Gasteiger partial charge in [0.1, 0.15) is 0 Å². The number of carbonyl (C=O) groups is 1. The van der Waals surface area contributed by atoms with E-state index in [9.17, 15) is 4.79 Å². The zero-order valence-electron chi connectivity index (χ0n) is 13.0. The molecule has 0 bridgehead atoms. The molecule has 0 spiro atoms. The van der Waals surface area contributed by atoms with E-state index in [0.29, 0.717) is 16.6 Å². The van der Waals surface area contributed by atoms with Gasteiger partial charge in [-0.25, -0.2) is 4.98 Å². The van der Waals surface area contributed by atoms with Crippen molar-refractivity contribution in [2.75, 3.05) is 10.6 Å². The molecular formula is C18H16ClN3OS. The largest absolute Gasteiger partial charge is 0.380 e. The molecule has 0 aliphatic carbocycles. The molecule has 0 fully saturated rings. The topological polar surface area (TPSA) is 54.0 Å². The Bertz CT molecular complexity index is 845. The van der Waals surface area contributed by atoms with Gasteiger partial charge in [0.15, 0.2) is 4.47 Å². The molecular weight excluding hydrogens is 342 g/mol. The Morgan fingerprint density at radius 1 is 1.17 bits per heavy atom. The molecule has 0 saturated carbocycles. The molecule has 2 aromatic carbocycles. The van der Waals surface area contributed by atoms with E-state index in [2.05, 4.69) is 15.6 Å². The average molecular weight is 358 g/mol. The van der Waals surface area contributed by atoms with Gasteiger partial charge in [-0.3, -0.25) is 4.79 Å². The van der Waals surface area contributed by atoms with Crippen LogP contribution in [0.4, 0.5) is 11.4 Å². The molecule has 3 aromatic rings. The van der Waals surface area contributed by atoms with Gasteiger partial charge in [0.05, 0.1) is 6.54 Å². The Morgan fingerprint density at radius 3 is 2.62 bits per heavy atom. The summed E-state index contributed by atoms with van der Waals surface area (Å²) in [4.78, 5) is 17.3. The predicted molar refractivity (Wildman–Crippen MR) is 100 cm³/mol. The van der Waals surface area contributed by atoms with Crippen molar-refractivity contribution in [2.45, 2.75) is 13.5 Å². The fourth-order valence-corrected chi connectivity index (χ4v) is 3.09. The maximum absolute atomic E-state index is 12.3. The quantitative estimate of drug-likeness (QED) is 0.677. The molecule has 3 rings (SSSR count). The normalized spacial score (nSPS) is 10.4. The highest BCUT2D eigenvalue weighted by molar-refractivity contribution is 7.15. The Hall–Kier alpha value is -2.37. The van der Waals surface area contributed by atoms with Gasteiger partial charge in [0, 0.05) is 28.0 Å². The number of nitrogens with one attached hydrogen (secondary N) is 2. The minimum absolute atomic E-state index is 0.124. The number of hydrogen-bond acceptors (Lipinski definition) is 4. The number of aromatic nitrogens is 1. The number of aryl methyl sites for hydroxylation is 1. The molecule has 0 aliphatic heterocycles. The summed E-state index contributed by atoms with van der Waals surface area (Å²) in [7, 11) is 0. The van der Waals surface area contributed by atoms with Crippen molar-refractivity contribution >= 4 is 40.2 Å². The first-order valence-electron chi connectivity index (χ1n) is 7.42. The number of amides is 1. The van der Waals surface area contributed by atoms with Gasteiger partial charge >= 0.3 is 0 Å². The summed E-state index contributed by atoms with van der Waals surface area (Å²) in [6, 6.07) is 15.1. The lowest BCUT2D eigenvalue weighted by atomic mass is 10.1. The second-order valence-corrected chi connectivity index (χ2v) is 7.03. The SMILES string of the molecule is Cc1ccc(C(=O)Nc2cccc(NCc3cnc(Cl)s3)c2)cc1. The first-order valence-corrected chi connectivity index (χ1v) is 8.62. The van der Waals surface area contributed by atoms with Crippen LogP contribution in [0, 0.1) is 6.92 Å². The summed E-state index contributed by atoms with van der Waals surface area (Å²) >= 11 is 7.27. The number of rotatable bonds is 5. The lowest BCUT2D eigenvalue weighted by molar-refractivity contribution is 0.102. The third-order valence-electron chi connectivity index (χ3n) is 3.43. The molecule has 0 saturated heterocycles. The lowest BCUT2D eigenvalue weighted by Gasteiger charge is -2.09. The van der Waals surface area contributed by atoms with E-state index in [-0.39, 0.29) is 5.91 Å². The maximum atomic E-state index is 12.3. The van der Waals surface area contributed by atoms with Crippen LogP contribution in [0.3, 0.4) is 0 Å². The number of benzene rings is 2. The maximum Gasteiger partial charge on any atom is 0.255 e. The van der Waals surface area contributed by atoms with E-state index in [1.165, 1.54) is 11.3 Å². The fourth-order valence-electron chi connectivity index (χ4n) is 2.17. The highest BCUT2D eigenvalue weighted by Gasteiger charge is 2.06. The molecule has 1 aromatic heterocycles. The first kappa shape index (κ1) is 16.5.